The van der Waals surface area contributed by atoms with Gasteiger partial charge in [0.1, 0.15) is 6.07 Å². The fourth-order valence-electron chi connectivity index (χ4n) is 2.49. The molecular weight excluding hydrogens is 314 g/mol. The van der Waals surface area contributed by atoms with Crippen molar-refractivity contribution >= 4 is 21.6 Å². The van der Waals surface area contributed by atoms with Crippen LogP contribution in [0.3, 0.4) is 0 Å². The van der Waals surface area contributed by atoms with E-state index in [-0.39, 0.29) is 0 Å². The number of nitrogens with one attached hydrogen (secondary N) is 1. The molecule has 0 bridgehead atoms. The number of nitrogens with zero attached hydrogens (tertiary/aromatic N) is 2. The monoisotopic (exact) mass is 331 g/mol. The molecule has 1 aromatic heterocycles. The van der Waals surface area contributed by atoms with Gasteiger partial charge >= 0.3 is 0 Å². The van der Waals surface area contributed by atoms with E-state index in [1.54, 1.807) is 0 Å². The first-order chi connectivity index (χ1) is 9.56. The van der Waals surface area contributed by atoms with Gasteiger partial charge in [0.25, 0.3) is 0 Å². The van der Waals surface area contributed by atoms with Crippen molar-refractivity contribution in [2.24, 2.45) is 0 Å². The lowest BCUT2D eigenvalue weighted by atomic mass is 10.2. The summed E-state index contributed by atoms with van der Waals surface area (Å²) in [6.07, 6.45) is 0. The van der Waals surface area contributed by atoms with E-state index < -0.39 is 0 Å². The van der Waals surface area contributed by atoms with Crippen LogP contribution in [0.1, 0.15) is 29.4 Å². The van der Waals surface area contributed by atoms with E-state index in [1.165, 1.54) is 17.0 Å². The third-order valence-electron chi connectivity index (χ3n) is 3.57. The Labute approximate surface area is 128 Å². The minimum Gasteiger partial charge on any atom is -0.380 e. The van der Waals surface area contributed by atoms with Crippen LogP contribution < -0.4 is 5.32 Å². The van der Waals surface area contributed by atoms with Crippen LogP contribution in [-0.2, 0) is 13.1 Å². The fourth-order valence-corrected chi connectivity index (χ4v) is 2.85. The second-order valence-corrected chi connectivity index (χ2v) is 5.71. The molecule has 0 amide bonds. The zero-order valence-corrected chi connectivity index (χ0v) is 13.6. The van der Waals surface area contributed by atoms with Crippen molar-refractivity contribution in [2.45, 2.75) is 33.9 Å². The third-order valence-corrected chi connectivity index (χ3v) is 4.06. The Hall–Kier alpha value is -1.73. The third kappa shape index (κ3) is 2.88. The van der Waals surface area contributed by atoms with Crippen LogP contribution in [0.15, 0.2) is 28.7 Å². The molecule has 0 saturated carbocycles. The maximum absolute atomic E-state index is 9.17. The van der Waals surface area contributed by atoms with E-state index in [4.69, 9.17) is 5.26 Å². The summed E-state index contributed by atoms with van der Waals surface area (Å²) in [6.45, 7) is 8.13. The Bertz CT molecular complexity index is 665. The summed E-state index contributed by atoms with van der Waals surface area (Å²) >= 11 is 3.38. The number of anilines is 1. The molecule has 4 heteroatoms. The minimum atomic E-state index is 0.656. The average Bonchev–Trinajstić information content (AvgIpc) is 2.71. The van der Waals surface area contributed by atoms with Gasteiger partial charge in [0, 0.05) is 29.0 Å². The molecule has 1 aromatic carbocycles. The Morgan fingerprint density at radius 3 is 2.65 bits per heavy atom. The number of aryl methyl sites for hydroxylation is 1. The first kappa shape index (κ1) is 14.7. The molecule has 0 aliphatic rings. The second kappa shape index (κ2) is 6.15. The summed E-state index contributed by atoms with van der Waals surface area (Å²) in [5, 5.41) is 12.5. The largest absolute Gasteiger partial charge is 0.380 e. The summed E-state index contributed by atoms with van der Waals surface area (Å²) in [5.41, 5.74) is 5.36. The summed E-state index contributed by atoms with van der Waals surface area (Å²) in [6, 6.07) is 10.1. The van der Waals surface area contributed by atoms with Crippen molar-refractivity contribution in [1.82, 2.24) is 4.57 Å². The zero-order chi connectivity index (χ0) is 14.7. The maximum atomic E-state index is 9.17. The van der Waals surface area contributed by atoms with Gasteiger partial charge in [0.05, 0.1) is 11.3 Å². The summed E-state index contributed by atoms with van der Waals surface area (Å²) in [5.74, 6) is 0. The number of benzene rings is 1. The number of halogens is 1. The molecule has 0 radical (unpaired) electrons. The van der Waals surface area contributed by atoms with Crippen molar-refractivity contribution in [3.8, 4) is 6.07 Å². The molecule has 104 valence electrons. The van der Waals surface area contributed by atoms with Crippen molar-refractivity contribution in [3.63, 3.8) is 0 Å². The van der Waals surface area contributed by atoms with Crippen LogP contribution in [0.25, 0.3) is 0 Å². The number of hydrogen-bond donors (Lipinski definition) is 1. The van der Waals surface area contributed by atoms with Gasteiger partial charge in [-0.25, -0.2) is 0 Å². The summed E-state index contributed by atoms with van der Waals surface area (Å²) in [4.78, 5) is 0. The van der Waals surface area contributed by atoms with Gasteiger partial charge < -0.3 is 9.88 Å². The molecule has 3 nitrogen and oxygen atoms in total. The summed E-state index contributed by atoms with van der Waals surface area (Å²) < 4.78 is 3.22. The fraction of sp³-hybridized carbons (Fsp3) is 0.312. The van der Waals surface area contributed by atoms with E-state index in [1.807, 2.05) is 18.2 Å². The van der Waals surface area contributed by atoms with Gasteiger partial charge in [-0.15, -0.1) is 0 Å². The van der Waals surface area contributed by atoms with E-state index in [2.05, 4.69) is 58.7 Å². The molecule has 2 aromatic rings. The molecule has 0 aliphatic carbocycles. The van der Waals surface area contributed by atoms with Crippen molar-refractivity contribution < 1.29 is 0 Å². The molecule has 0 unspecified atom stereocenters. The lowest BCUT2D eigenvalue weighted by Gasteiger charge is -2.09. The van der Waals surface area contributed by atoms with Gasteiger partial charge in [-0.3, -0.25) is 0 Å². The van der Waals surface area contributed by atoms with Crippen LogP contribution in [0, 0.1) is 25.2 Å². The predicted octanol–water partition coefficient (Wildman–Crippen LogP) is 4.37. The number of nitriles is 1. The quantitative estimate of drug-likeness (QED) is 0.903. The maximum Gasteiger partial charge on any atom is 0.101 e. The molecule has 2 rings (SSSR count). The highest BCUT2D eigenvalue weighted by atomic mass is 79.9. The van der Waals surface area contributed by atoms with E-state index in [9.17, 15) is 0 Å². The van der Waals surface area contributed by atoms with E-state index >= 15 is 0 Å². The molecule has 1 heterocycles. The van der Waals surface area contributed by atoms with Gasteiger partial charge in [0.15, 0.2) is 0 Å². The van der Waals surface area contributed by atoms with Gasteiger partial charge in [-0.05, 0) is 50.6 Å². The Balaban J connectivity index is 2.20. The number of hydrogen-bond acceptors (Lipinski definition) is 2. The first-order valence-corrected chi connectivity index (χ1v) is 7.45. The standard InChI is InChI=1S/C16H18BrN3/c1-4-20-11(2)7-14(12(20)3)10-19-16-6-5-15(17)8-13(16)9-18/h5-8,19H,4,10H2,1-3H3. The highest BCUT2D eigenvalue weighted by molar-refractivity contribution is 9.10. The van der Waals surface area contributed by atoms with Crippen LogP contribution in [0.4, 0.5) is 5.69 Å². The Kier molecular flexibility index (Phi) is 4.51. The SMILES string of the molecule is CCn1c(C)cc(CNc2ccc(Br)cc2C#N)c1C. The number of aromatic nitrogens is 1. The van der Waals surface area contributed by atoms with E-state index in [0.717, 1.165) is 23.2 Å². The topological polar surface area (TPSA) is 40.8 Å². The van der Waals surface area contributed by atoms with Gasteiger partial charge in [0.2, 0.25) is 0 Å². The Morgan fingerprint density at radius 1 is 1.30 bits per heavy atom. The van der Waals surface area contributed by atoms with Gasteiger partial charge in [-0.2, -0.15) is 5.26 Å². The molecule has 0 spiro atoms. The number of rotatable bonds is 4. The minimum absolute atomic E-state index is 0.656. The highest BCUT2D eigenvalue weighted by Crippen LogP contribution is 2.22. The highest BCUT2D eigenvalue weighted by Gasteiger charge is 2.08. The molecule has 0 aliphatic heterocycles. The van der Waals surface area contributed by atoms with Crippen LogP contribution in [0.2, 0.25) is 0 Å². The average molecular weight is 332 g/mol. The summed E-state index contributed by atoms with van der Waals surface area (Å²) in [7, 11) is 0. The van der Waals surface area contributed by atoms with Crippen molar-refractivity contribution in [1.29, 1.82) is 5.26 Å². The second-order valence-electron chi connectivity index (χ2n) is 4.80. The molecule has 0 fully saturated rings. The normalized spacial score (nSPS) is 10.3. The molecule has 20 heavy (non-hydrogen) atoms. The predicted molar refractivity (Wildman–Crippen MR) is 85.8 cm³/mol. The lowest BCUT2D eigenvalue weighted by Crippen LogP contribution is -2.04. The molecule has 1 N–H and O–H groups in total. The molecule has 0 saturated heterocycles. The zero-order valence-electron chi connectivity index (χ0n) is 12.0. The molecule has 0 atom stereocenters. The first-order valence-electron chi connectivity index (χ1n) is 6.66. The van der Waals surface area contributed by atoms with Crippen LogP contribution >= 0.6 is 15.9 Å². The van der Waals surface area contributed by atoms with Crippen LogP contribution in [-0.4, -0.2) is 4.57 Å². The van der Waals surface area contributed by atoms with Gasteiger partial charge in [-0.1, -0.05) is 15.9 Å². The van der Waals surface area contributed by atoms with Crippen molar-refractivity contribution in [2.75, 3.05) is 5.32 Å². The van der Waals surface area contributed by atoms with E-state index in [0.29, 0.717) is 5.56 Å². The smallest absolute Gasteiger partial charge is 0.101 e. The molecular formula is C16H18BrN3. The lowest BCUT2D eigenvalue weighted by molar-refractivity contribution is 0.715. The van der Waals surface area contributed by atoms with Crippen LogP contribution in [0.5, 0.6) is 0 Å². The van der Waals surface area contributed by atoms with Crippen molar-refractivity contribution in [3.05, 3.63) is 51.3 Å². The Morgan fingerprint density at radius 2 is 2.05 bits per heavy atom.